The molecule has 0 saturated carbocycles. The molecule has 0 aliphatic heterocycles. The molecule has 0 aliphatic rings. The Morgan fingerprint density at radius 1 is 1.12 bits per heavy atom. The topological polar surface area (TPSA) is 107 Å². The van der Waals surface area contributed by atoms with Gasteiger partial charge in [-0.05, 0) is 24.8 Å². The van der Waals surface area contributed by atoms with Crippen LogP contribution in [0.25, 0.3) is 0 Å². The van der Waals surface area contributed by atoms with Crippen molar-refractivity contribution >= 4 is 17.8 Å². The number of carboxylic acids is 1. The first-order chi connectivity index (χ1) is 11.8. The number of hydrogen-bond acceptors (Lipinski definition) is 4. The molecule has 0 saturated heterocycles. The van der Waals surface area contributed by atoms with Gasteiger partial charge in [0.15, 0.2) is 0 Å². The van der Waals surface area contributed by atoms with Crippen LogP contribution in [0.3, 0.4) is 0 Å². The van der Waals surface area contributed by atoms with Gasteiger partial charge in [-0.2, -0.15) is 0 Å². The SMILES string of the molecule is CC(C)CCC(=O)N([C@@H](C)C(=O)NO)[C@@H](Cc1ccccc1)C(=O)O. The number of carbonyl (C=O) groups excluding carboxylic acids is 2. The van der Waals surface area contributed by atoms with Crippen molar-refractivity contribution in [2.45, 2.75) is 52.1 Å². The van der Waals surface area contributed by atoms with Crippen LogP contribution < -0.4 is 5.48 Å². The largest absolute Gasteiger partial charge is 0.480 e. The number of carbonyl (C=O) groups is 3. The zero-order valence-corrected chi connectivity index (χ0v) is 14.8. The predicted octanol–water partition coefficient (Wildman–Crippen LogP) is 1.84. The van der Waals surface area contributed by atoms with Gasteiger partial charge in [0.25, 0.3) is 5.91 Å². The van der Waals surface area contributed by atoms with Crippen LogP contribution in [0.4, 0.5) is 0 Å². The highest BCUT2D eigenvalue weighted by Crippen LogP contribution is 2.17. The van der Waals surface area contributed by atoms with Gasteiger partial charge in [0, 0.05) is 12.8 Å². The van der Waals surface area contributed by atoms with Crippen LogP contribution in [0.15, 0.2) is 30.3 Å². The van der Waals surface area contributed by atoms with E-state index in [-0.39, 0.29) is 18.8 Å². The third-order valence-corrected chi connectivity index (χ3v) is 4.02. The lowest BCUT2D eigenvalue weighted by atomic mass is 10.0. The summed E-state index contributed by atoms with van der Waals surface area (Å²) in [6.45, 7) is 5.32. The fraction of sp³-hybridized carbons (Fsp3) is 0.500. The van der Waals surface area contributed by atoms with E-state index in [0.29, 0.717) is 6.42 Å². The summed E-state index contributed by atoms with van der Waals surface area (Å²) in [4.78, 5) is 37.3. The maximum absolute atomic E-state index is 12.6. The highest BCUT2D eigenvalue weighted by molar-refractivity contribution is 5.90. The van der Waals surface area contributed by atoms with Crippen molar-refractivity contribution < 1.29 is 24.7 Å². The van der Waals surface area contributed by atoms with Crippen molar-refractivity contribution in [2.24, 2.45) is 5.92 Å². The normalized spacial score (nSPS) is 13.2. The molecule has 3 N–H and O–H groups in total. The number of hydroxylamine groups is 1. The molecular weight excluding hydrogens is 324 g/mol. The van der Waals surface area contributed by atoms with Crippen LogP contribution >= 0.6 is 0 Å². The van der Waals surface area contributed by atoms with Gasteiger partial charge in [0.05, 0.1) is 0 Å². The van der Waals surface area contributed by atoms with Gasteiger partial charge in [0.1, 0.15) is 12.1 Å². The van der Waals surface area contributed by atoms with Gasteiger partial charge in [-0.1, -0.05) is 44.2 Å². The number of hydrogen-bond donors (Lipinski definition) is 3. The lowest BCUT2D eigenvalue weighted by Gasteiger charge is -2.33. The molecule has 25 heavy (non-hydrogen) atoms. The molecule has 0 heterocycles. The number of rotatable bonds is 9. The van der Waals surface area contributed by atoms with E-state index < -0.39 is 29.9 Å². The molecule has 0 spiro atoms. The van der Waals surface area contributed by atoms with Crippen molar-refractivity contribution in [1.82, 2.24) is 10.4 Å². The summed E-state index contributed by atoms with van der Waals surface area (Å²) in [7, 11) is 0. The summed E-state index contributed by atoms with van der Waals surface area (Å²) in [6, 6.07) is 6.61. The van der Waals surface area contributed by atoms with Crippen LogP contribution in [0.5, 0.6) is 0 Å². The predicted molar refractivity (Wildman–Crippen MR) is 91.9 cm³/mol. The second-order valence-electron chi connectivity index (χ2n) is 6.43. The fourth-order valence-electron chi connectivity index (χ4n) is 2.56. The molecule has 0 aromatic heterocycles. The van der Waals surface area contributed by atoms with E-state index in [1.54, 1.807) is 24.3 Å². The van der Waals surface area contributed by atoms with E-state index >= 15 is 0 Å². The zero-order chi connectivity index (χ0) is 19.0. The van der Waals surface area contributed by atoms with Gasteiger partial charge in [0.2, 0.25) is 5.91 Å². The highest BCUT2D eigenvalue weighted by Gasteiger charge is 2.36. The van der Waals surface area contributed by atoms with Crippen molar-refractivity contribution in [3.8, 4) is 0 Å². The Hall–Kier alpha value is -2.41. The van der Waals surface area contributed by atoms with E-state index in [0.717, 1.165) is 10.5 Å². The van der Waals surface area contributed by atoms with Gasteiger partial charge in [-0.15, -0.1) is 0 Å². The molecule has 0 fully saturated rings. The third kappa shape index (κ3) is 6.19. The molecule has 138 valence electrons. The van der Waals surface area contributed by atoms with Gasteiger partial charge < -0.3 is 10.0 Å². The van der Waals surface area contributed by atoms with Gasteiger partial charge in [-0.25, -0.2) is 10.3 Å². The molecule has 0 unspecified atom stereocenters. The maximum Gasteiger partial charge on any atom is 0.326 e. The molecule has 1 aromatic rings. The Balaban J connectivity index is 3.12. The monoisotopic (exact) mass is 350 g/mol. The van der Waals surface area contributed by atoms with Gasteiger partial charge in [-0.3, -0.25) is 14.8 Å². The molecule has 2 atom stereocenters. The van der Waals surface area contributed by atoms with Crippen molar-refractivity contribution in [3.63, 3.8) is 0 Å². The number of nitrogens with one attached hydrogen (secondary N) is 1. The van der Waals surface area contributed by atoms with Gasteiger partial charge >= 0.3 is 5.97 Å². The lowest BCUT2D eigenvalue weighted by Crippen LogP contribution is -2.55. The minimum atomic E-state index is -1.20. The van der Waals surface area contributed by atoms with E-state index in [4.69, 9.17) is 5.21 Å². The van der Waals surface area contributed by atoms with Crippen LogP contribution in [0.1, 0.15) is 39.2 Å². The molecule has 7 nitrogen and oxygen atoms in total. The molecule has 0 radical (unpaired) electrons. The van der Waals surface area contributed by atoms with E-state index in [1.807, 2.05) is 19.9 Å². The minimum absolute atomic E-state index is 0.0760. The average molecular weight is 350 g/mol. The Morgan fingerprint density at radius 3 is 2.20 bits per heavy atom. The molecule has 7 heteroatoms. The number of carboxylic acid groups (broad SMARTS) is 1. The Labute approximate surface area is 147 Å². The maximum atomic E-state index is 12.6. The summed E-state index contributed by atoms with van der Waals surface area (Å²) in [6.07, 6.45) is 0.798. The summed E-state index contributed by atoms with van der Waals surface area (Å²) in [5.41, 5.74) is 2.24. The first-order valence-electron chi connectivity index (χ1n) is 8.29. The quantitative estimate of drug-likeness (QED) is 0.465. The van der Waals surface area contributed by atoms with E-state index in [1.165, 1.54) is 12.4 Å². The number of amides is 2. The Kier molecular flexibility index (Phi) is 8.07. The molecule has 2 amide bonds. The van der Waals surface area contributed by atoms with Crippen molar-refractivity contribution in [1.29, 1.82) is 0 Å². The summed E-state index contributed by atoms with van der Waals surface area (Å²) in [5.74, 6) is -2.17. The number of benzene rings is 1. The molecule has 1 aromatic carbocycles. The zero-order valence-electron chi connectivity index (χ0n) is 14.8. The molecule has 1 rings (SSSR count). The molecule has 0 bridgehead atoms. The summed E-state index contributed by atoms with van der Waals surface area (Å²) < 4.78 is 0. The van der Waals surface area contributed by atoms with Crippen molar-refractivity contribution in [3.05, 3.63) is 35.9 Å². The van der Waals surface area contributed by atoms with Crippen LogP contribution in [0.2, 0.25) is 0 Å². The molecular formula is C18H26N2O5. The summed E-state index contributed by atoms with van der Waals surface area (Å²) >= 11 is 0. The standard InChI is InChI=1S/C18H26N2O5/c1-12(2)9-10-16(21)20(13(3)17(22)19-25)15(18(23)24)11-14-7-5-4-6-8-14/h4-8,12-13,15,25H,9-11H2,1-3H3,(H,19,22)(H,23,24)/t13-,15-/m0/s1. The first kappa shape index (κ1) is 20.6. The molecule has 0 aliphatic carbocycles. The fourth-order valence-corrected chi connectivity index (χ4v) is 2.56. The van der Waals surface area contributed by atoms with Crippen LogP contribution in [-0.4, -0.2) is 45.1 Å². The number of nitrogens with zero attached hydrogens (tertiary/aromatic N) is 1. The lowest BCUT2D eigenvalue weighted by molar-refractivity contribution is -0.156. The first-order valence-corrected chi connectivity index (χ1v) is 8.29. The second-order valence-corrected chi connectivity index (χ2v) is 6.43. The van der Waals surface area contributed by atoms with Crippen molar-refractivity contribution in [2.75, 3.05) is 0 Å². The van der Waals surface area contributed by atoms with E-state index in [9.17, 15) is 19.5 Å². The highest BCUT2D eigenvalue weighted by atomic mass is 16.5. The minimum Gasteiger partial charge on any atom is -0.480 e. The van der Waals surface area contributed by atoms with Crippen LogP contribution in [-0.2, 0) is 20.8 Å². The second kappa shape index (κ2) is 9.78. The number of aliphatic carboxylic acids is 1. The third-order valence-electron chi connectivity index (χ3n) is 4.02. The Morgan fingerprint density at radius 2 is 1.72 bits per heavy atom. The smallest absolute Gasteiger partial charge is 0.326 e. The Bertz CT molecular complexity index is 588. The van der Waals surface area contributed by atoms with E-state index in [2.05, 4.69) is 0 Å². The van der Waals surface area contributed by atoms with Crippen LogP contribution in [0, 0.1) is 5.92 Å². The average Bonchev–Trinajstić information content (AvgIpc) is 2.59. The summed E-state index contributed by atoms with van der Waals surface area (Å²) in [5, 5.41) is 18.5.